The van der Waals surface area contributed by atoms with E-state index in [1.165, 1.54) is 18.2 Å². The Morgan fingerprint density at radius 2 is 1.96 bits per heavy atom. The minimum absolute atomic E-state index is 0.0590. The van der Waals surface area contributed by atoms with Crippen molar-refractivity contribution >= 4 is 5.97 Å². The maximum atomic E-state index is 12.8. The van der Waals surface area contributed by atoms with E-state index in [0.717, 1.165) is 25.0 Å². The molecule has 148 valence electrons. The number of piperidine rings is 1. The van der Waals surface area contributed by atoms with E-state index in [4.69, 9.17) is 14.4 Å². The summed E-state index contributed by atoms with van der Waals surface area (Å²) in [6.45, 7) is 3.48. The van der Waals surface area contributed by atoms with E-state index < -0.39 is 17.7 Å². The van der Waals surface area contributed by atoms with Gasteiger partial charge in [-0.25, -0.2) is 0 Å². The Balaban J connectivity index is 0.000000596. The highest BCUT2D eigenvalue weighted by molar-refractivity contribution is 5.62. The second-order valence-electron chi connectivity index (χ2n) is 6.43. The standard InChI is InChI=1S/C16H17F3N2O2.C2H4O2/c1-9-6-11(16(17,18)19)2-3-12(9)13-7-10(4-5-20-13)14-8-15(22)21-23-14;1-2(3)4/h2-3,6,8,10,13,20H,4-5,7H2,1H3,(H,21,22);1H3,(H,3,4)/t10-,13+;/m0./s1. The number of aryl methyl sites for hydroxylation is 1. The molecule has 0 radical (unpaired) electrons. The third kappa shape index (κ3) is 5.72. The van der Waals surface area contributed by atoms with Crippen LogP contribution in [0.25, 0.3) is 0 Å². The van der Waals surface area contributed by atoms with Gasteiger partial charge in [0, 0.05) is 24.9 Å². The molecule has 0 aliphatic carbocycles. The largest absolute Gasteiger partial charge is 0.481 e. The van der Waals surface area contributed by atoms with Gasteiger partial charge in [-0.15, -0.1) is 0 Å². The van der Waals surface area contributed by atoms with Crippen LogP contribution in [0, 0.1) is 6.92 Å². The monoisotopic (exact) mass is 386 g/mol. The number of benzene rings is 1. The normalized spacial score (nSPS) is 19.9. The van der Waals surface area contributed by atoms with E-state index in [1.54, 1.807) is 6.92 Å². The number of rotatable bonds is 2. The minimum atomic E-state index is -4.33. The van der Waals surface area contributed by atoms with Crippen molar-refractivity contribution in [3.63, 3.8) is 0 Å². The molecule has 1 fully saturated rings. The fourth-order valence-corrected chi connectivity index (χ4v) is 3.15. The first kappa shape index (κ1) is 20.8. The van der Waals surface area contributed by atoms with Crippen molar-refractivity contribution in [3.8, 4) is 0 Å². The fourth-order valence-electron chi connectivity index (χ4n) is 3.15. The number of aromatic amines is 1. The van der Waals surface area contributed by atoms with Crippen LogP contribution in [0.15, 0.2) is 33.6 Å². The fraction of sp³-hybridized carbons (Fsp3) is 0.444. The van der Waals surface area contributed by atoms with E-state index in [1.807, 2.05) is 0 Å². The summed E-state index contributed by atoms with van der Waals surface area (Å²) >= 11 is 0. The first-order valence-electron chi connectivity index (χ1n) is 8.37. The van der Waals surface area contributed by atoms with Gasteiger partial charge < -0.3 is 14.9 Å². The molecule has 1 aliphatic heterocycles. The summed E-state index contributed by atoms with van der Waals surface area (Å²) in [4.78, 5) is 20.2. The number of aliphatic carboxylic acids is 1. The van der Waals surface area contributed by atoms with E-state index in [0.29, 0.717) is 24.3 Å². The lowest BCUT2D eigenvalue weighted by atomic mass is 9.85. The van der Waals surface area contributed by atoms with Crippen molar-refractivity contribution in [3.05, 3.63) is 57.1 Å². The van der Waals surface area contributed by atoms with Crippen molar-refractivity contribution < 1.29 is 27.6 Å². The summed E-state index contributed by atoms with van der Waals surface area (Å²) < 4.78 is 43.5. The molecule has 1 aliphatic rings. The Hall–Kier alpha value is -2.55. The molecule has 2 aromatic rings. The molecule has 0 bridgehead atoms. The molecule has 0 unspecified atom stereocenters. The van der Waals surface area contributed by atoms with Crippen LogP contribution >= 0.6 is 0 Å². The van der Waals surface area contributed by atoms with E-state index in [9.17, 15) is 18.0 Å². The number of nitrogens with one attached hydrogen (secondary N) is 2. The van der Waals surface area contributed by atoms with Gasteiger partial charge >= 0.3 is 6.18 Å². The smallest absolute Gasteiger partial charge is 0.416 e. The van der Waals surface area contributed by atoms with Gasteiger partial charge in [-0.3, -0.25) is 9.59 Å². The van der Waals surface area contributed by atoms with Crippen LogP contribution in [-0.4, -0.2) is 22.8 Å². The molecule has 3 N–H and O–H groups in total. The Morgan fingerprint density at radius 3 is 2.48 bits per heavy atom. The lowest BCUT2D eigenvalue weighted by Gasteiger charge is -2.30. The highest BCUT2D eigenvalue weighted by atomic mass is 19.4. The van der Waals surface area contributed by atoms with Crippen molar-refractivity contribution in [2.24, 2.45) is 0 Å². The van der Waals surface area contributed by atoms with Crippen LogP contribution in [0.4, 0.5) is 13.2 Å². The molecule has 9 heteroatoms. The maximum absolute atomic E-state index is 12.8. The van der Waals surface area contributed by atoms with Crippen LogP contribution in [-0.2, 0) is 11.0 Å². The number of carboxylic acids is 1. The number of halogens is 3. The Kier molecular flexibility index (Phi) is 6.48. The summed E-state index contributed by atoms with van der Waals surface area (Å²) in [6, 6.07) is 5.20. The second kappa shape index (κ2) is 8.43. The molecule has 0 spiro atoms. The Bertz CT molecular complexity index is 838. The molecule has 0 saturated carbocycles. The molecule has 2 heterocycles. The number of carbonyl (C=O) groups is 1. The lowest BCUT2D eigenvalue weighted by Crippen LogP contribution is -2.31. The molecule has 3 rings (SSSR count). The third-order valence-corrected chi connectivity index (χ3v) is 4.32. The zero-order chi connectivity index (χ0) is 20.2. The Morgan fingerprint density at radius 1 is 1.30 bits per heavy atom. The number of carboxylic acid groups (broad SMARTS) is 1. The van der Waals surface area contributed by atoms with Gasteiger partial charge in [0.15, 0.2) is 0 Å². The summed E-state index contributed by atoms with van der Waals surface area (Å²) in [5.41, 5.74) is 0.539. The van der Waals surface area contributed by atoms with E-state index >= 15 is 0 Å². The van der Waals surface area contributed by atoms with Gasteiger partial charge in [-0.05, 0) is 49.6 Å². The van der Waals surface area contributed by atoms with Crippen molar-refractivity contribution in [2.45, 2.75) is 44.8 Å². The number of hydrogen-bond acceptors (Lipinski definition) is 4. The van der Waals surface area contributed by atoms with Crippen LogP contribution in [0.5, 0.6) is 0 Å². The molecule has 0 amide bonds. The zero-order valence-corrected chi connectivity index (χ0v) is 14.9. The SMILES string of the molecule is CC(=O)O.Cc1cc(C(F)(F)F)ccc1[C@H]1C[C@@H](c2cc(=O)[nH]o2)CCN1. The van der Waals surface area contributed by atoms with Crippen LogP contribution in [0.3, 0.4) is 0 Å². The average molecular weight is 386 g/mol. The van der Waals surface area contributed by atoms with E-state index in [2.05, 4.69) is 10.5 Å². The number of hydrogen-bond donors (Lipinski definition) is 3. The van der Waals surface area contributed by atoms with Crippen molar-refractivity contribution in [2.75, 3.05) is 6.54 Å². The number of H-pyrrole nitrogens is 1. The lowest BCUT2D eigenvalue weighted by molar-refractivity contribution is -0.137. The van der Waals surface area contributed by atoms with Gasteiger partial charge in [0.2, 0.25) is 0 Å². The summed E-state index contributed by atoms with van der Waals surface area (Å²) in [6.07, 6.45) is -2.84. The molecular formula is C18H21F3N2O4. The third-order valence-electron chi connectivity index (χ3n) is 4.32. The van der Waals surface area contributed by atoms with Gasteiger partial charge in [0.05, 0.1) is 5.56 Å². The molecule has 1 aromatic heterocycles. The Labute approximate surface area is 153 Å². The van der Waals surface area contributed by atoms with Crippen LogP contribution < -0.4 is 10.9 Å². The van der Waals surface area contributed by atoms with E-state index in [-0.39, 0.29) is 17.5 Å². The molecule has 1 aromatic carbocycles. The molecule has 6 nitrogen and oxygen atoms in total. The predicted molar refractivity (Wildman–Crippen MR) is 91.5 cm³/mol. The van der Waals surface area contributed by atoms with Gasteiger partial charge in [0.25, 0.3) is 11.5 Å². The van der Waals surface area contributed by atoms with Crippen LogP contribution in [0.2, 0.25) is 0 Å². The summed E-state index contributed by atoms with van der Waals surface area (Å²) in [7, 11) is 0. The quantitative estimate of drug-likeness (QED) is 0.733. The van der Waals surface area contributed by atoms with Gasteiger partial charge in [-0.2, -0.15) is 18.3 Å². The highest BCUT2D eigenvalue weighted by Gasteiger charge is 2.32. The zero-order valence-electron chi connectivity index (χ0n) is 14.9. The topological polar surface area (TPSA) is 95.3 Å². The van der Waals surface area contributed by atoms with Crippen molar-refractivity contribution in [1.82, 2.24) is 10.5 Å². The molecule has 1 saturated heterocycles. The first-order chi connectivity index (χ1) is 12.6. The number of alkyl halides is 3. The molecular weight excluding hydrogens is 365 g/mol. The van der Waals surface area contributed by atoms with Crippen LogP contribution in [0.1, 0.15) is 54.2 Å². The minimum Gasteiger partial charge on any atom is -0.481 e. The average Bonchev–Trinajstić information content (AvgIpc) is 3.00. The predicted octanol–water partition coefficient (Wildman–Crippen LogP) is 3.59. The molecule has 2 atom stereocenters. The summed E-state index contributed by atoms with van der Waals surface area (Å²) in [5, 5.41) is 13.0. The summed E-state index contributed by atoms with van der Waals surface area (Å²) in [5.74, 6) is -0.159. The number of aromatic nitrogens is 1. The van der Waals surface area contributed by atoms with Gasteiger partial charge in [-0.1, -0.05) is 6.07 Å². The maximum Gasteiger partial charge on any atom is 0.416 e. The first-order valence-corrected chi connectivity index (χ1v) is 8.37. The second-order valence-corrected chi connectivity index (χ2v) is 6.43. The highest BCUT2D eigenvalue weighted by Crippen LogP contribution is 2.37. The molecule has 27 heavy (non-hydrogen) atoms. The van der Waals surface area contributed by atoms with Gasteiger partial charge in [0.1, 0.15) is 5.76 Å². The van der Waals surface area contributed by atoms with Crippen molar-refractivity contribution in [1.29, 1.82) is 0 Å².